The molecule has 1 N–H and O–H groups in total. The van der Waals surface area contributed by atoms with E-state index in [4.69, 9.17) is 11.6 Å². The standard InChI is InChI=1S/C16H23ClN2S/c1-13(2)19-16(3,12-18)9-4-10-20-11-14-5-7-15(17)8-6-14/h5-8,13,19H,4,9-11H2,1-3H3. The van der Waals surface area contributed by atoms with Crippen LogP contribution in [0.3, 0.4) is 0 Å². The number of nitrogens with one attached hydrogen (secondary N) is 1. The van der Waals surface area contributed by atoms with E-state index in [9.17, 15) is 5.26 Å². The summed E-state index contributed by atoms with van der Waals surface area (Å²) in [6, 6.07) is 10.7. The SMILES string of the molecule is CC(C)NC(C)(C#N)CCCSCc1ccc(Cl)cc1. The lowest BCUT2D eigenvalue weighted by Crippen LogP contribution is -2.44. The number of hydrogen-bond acceptors (Lipinski definition) is 3. The summed E-state index contributed by atoms with van der Waals surface area (Å²) in [7, 11) is 0. The zero-order chi connectivity index (χ0) is 15.0. The lowest BCUT2D eigenvalue weighted by molar-refractivity contribution is 0.380. The molecule has 0 aliphatic rings. The van der Waals surface area contributed by atoms with Crippen LogP contribution in [0, 0.1) is 11.3 Å². The molecule has 0 heterocycles. The maximum Gasteiger partial charge on any atom is 0.104 e. The molecule has 1 aromatic carbocycles. The molecule has 110 valence electrons. The molecular formula is C16H23ClN2S. The summed E-state index contributed by atoms with van der Waals surface area (Å²) in [6.45, 7) is 6.13. The minimum Gasteiger partial charge on any atom is -0.297 e. The summed E-state index contributed by atoms with van der Waals surface area (Å²) in [4.78, 5) is 0. The van der Waals surface area contributed by atoms with Crippen molar-refractivity contribution in [1.29, 1.82) is 5.26 Å². The summed E-state index contributed by atoms with van der Waals surface area (Å²) in [5.74, 6) is 2.07. The Balaban J connectivity index is 2.24. The molecule has 0 amide bonds. The van der Waals surface area contributed by atoms with Gasteiger partial charge in [-0.3, -0.25) is 5.32 Å². The minimum atomic E-state index is -0.408. The molecule has 0 fully saturated rings. The Bertz CT molecular complexity index is 439. The number of halogens is 1. The molecule has 0 aliphatic heterocycles. The van der Waals surface area contributed by atoms with Crippen LogP contribution in [0.4, 0.5) is 0 Å². The largest absolute Gasteiger partial charge is 0.297 e. The zero-order valence-electron chi connectivity index (χ0n) is 12.4. The number of benzene rings is 1. The first-order chi connectivity index (χ1) is 9.45. The monoisotopic (exact) mass is 310 g/mol. The van der Waals surface area contributed by atoms with Crippen LogP contribution >= 0.6 is 23.4 Å². The molecule has 0 aromatic heterocycles. The highest BCUT2D eigenvalue weighted by Crippen LogP contribution is 2.19. The van der Waals surface area contributed by atoms with E-state index in [1.165, 1.54) is 5.56 Å². The fourth-order valence-electron chi connectivity index (χ4n) is 2.10. The first kappa shape index (κ1) is 17.4. The van der Waals surface area contributed by atoms with Crippen LogP contribution in [0.5, 0.6) is 0 Å². The summed E-state index contributed by atoms with van der Waals surface area (Å²) in [5.41, 5.74) is 0.886. The second kappa shape index (κ2) is 8.56. The van der Waals surface area contributed by atoms with E-state index in [2.05, 4.69) is 37.4 Å². The minimum absolute atomic E-state index is 0.335. The second-order valence-corrected chi connectivity index (χ2v) is 7.07. The lowest BCUT2D eigenvalue weighted by Gasteiger charge is -2.25. The van der Waals surface area contributed by atoms with Crippen LogP contribution in [0.25, 0.3) is 0 Å². The molecule has 1 atom stereocenters. The van der Waals surface area contributed by atoms with Crippen molar-refractivity contribution >= 4 is 23.4 Å². The molecule has 0 aliphatic carbocycles. The molecule has 20 heavy (non-hydrogen) atoms. The Labute approximate surface area is 131 Å². The Morgan fingerprint density at radius 1 is 1.35 bits per heavy atom. The molecule has 1 unspecified atom stereocenters. The van der Waals surface area contributed by atoms with Gasteiger partial charge in [-0.15, -0.1) is 0 Å². The lowest BCUT2D eigenvalue weighted by atomic mass is 9.97. The third kappa shape index (κ3) is 6.65. The van der Waals surface area contributed by atoms with Crippen LogP contribution in [0.2, 0.25) is 5.02 Å². The molecule has 0 bridgehead atoms. The maximum absolute atomic E-state index is 9.26. The smallest absolute Gasteiger partial charge is 0.104 e. The van der Waals surface area contributed by atoms with Gasteiger partial charge >= 0.3 is 0 Å². The van der Waals surface area contributed by atoms with Gasteiger partial charge in [0.25, 0.3) is 0 Å². The van der Waals surface area contributed by atoms with Crippen molar-refractivity contribution in [2.45, 2.75) is 50.9 Å². The van der Waals surface area contributed by atoms with Crippen molar-refractivity contribution in [3.8, 4) is 6.07 Å². The van der Waals surface area contributed by atoms with E-state index in [0.717, 1.165) is 29.4 Å². The molecule has 0 radical (unpaired) electrons. The highest BCUT2D eigenvalue weighted by Gasteiger charge is 2.23. The van der Waals surface area contributed by atoms with Gasteiger partial charge in [-0.1, -0.05) is 23.7 Å². The number of thioether (sulfide) groups is 1. The molecule has 1 rings (SSSR count). The number of nitriles is 1. The molecular weight excluding hydrogens is 288 g/mol. The van der Waals surface area contributed by atoms with Crippen molar-refractivity contribution in [3.05, 3.63) is 34.9 Å². The van der Waals surface area contributed by atoms with Crippen molar-refractivity contribution in [2.24, 2.45) is 0 Å². The number of rotatable bonds is 8. The number of nitrogens with zero attached hydrogens (tertiary/aromatic N) is 1. The van der Waals surface area contributed by atoms with Crippen LogP contribution in [0.1, 0.15) is 39.2 Å². The summed E-state index contributed by atoms with van der Waals surface area (Å²) in [6.07, 6.45) is 1.93. The first-order valence-corrected chi connectivity index (χ1v) is 8.49. The van der Waals surface area contributed by atoms with Crippen LogP contribution in [-0.4, -0.2) is 17.3 Å². The molecule has 2 nitrogen and oxygen atoms in total. The average Bonchev–Trinajstić information content (AvgIpc) is 2.40. The molecule has 0 spiro atoms. The van der Waals surface area contributed by atoms with Crippen LogP contribution in [0.15, 0.2) is 24.3 Å². The Morgan fingerprint density at radius 2 is 2.00 bits per heavy atom. The normalized spacial score (nSPS) is 14.0. The van der Waals surface area contributed by atoms with Crippen molar-refractivity contribution < 1.29 is 0 Å². The highest BCUT2D eigenvalue weighted by molar-refractivity contribution is 7.98. The van der Waals surface area contributed by atoms with E-state index < -0.39 is 5.54 Å². The van der Waals surface area contributed by atoms with Gasteiger partial charge in [0.1, 0.15) is 5.54 Å². The fraction of sp³-hybridized carbons (Fsp3) is 0.562. The van der Waals surface area contributed by atoms with E-state index in [-0.39, 0.29) is 0 Å². The van der Waals surface area contributed by atoms with Gasteiger partial charge < -0.3 is 0 Å². The average molecular weight is 311 g/mol. The van der Waals surface area contributed by atoms with Crippen LogP contribution in [-0.2, 0) is 5.75 Å². The van der Waals surface area contributed by atoms with Gasteiger partial charge in [0, 0.05) is 16.8 Å². The van der Waals surface area contributed by atoms with Gasteiger partial charge in [0.15, 0.2) is 0 Å². The van der Waals surface area contributed by atoms with Gasteiger partial charge in [-0.25, -0.2) is 0 Å². The van der Waals surface area contributed by atoms with Gasteiger partial charge in [-0.05, 0) is 57.1 Å². The van der Waals surface area contributed by atoms with Gasteiger partial charge in [0.2, 0.25) is 0 Å². The topological polar surface area (TPSA) is 35.8 Å². The predicted molar refractivity (Wildman–Crippen MR) is 89.1 cm³/mol. The van der Waals surface area contributed by atoms with Crippen molar-refractivity contribution in [3.63, 3.8) is 0 Å². The summed E-state index contributed by atoms with van der Waals surface area (Å²) >= 11 is 7.76. The fourth-order valence-corrected chi connectivity index (χ4v) is 3.14. The first-order valence-electron chi connectivity index (χ1n) is 6.96. The van der Waals surface area contributed by atoms with E-state index in [1.54, 1.807) is 0 Å². The van der Waals surface area contributed by atoms with Crippen LogP contribution < -0.4 is 5.32 Å². The van der Waals surface area contributed by atoms with E-state index >= 15 is 0 Å². The van der Waals surface area contributed by atoms with Gasteiger partial charge in [-0.2, -0.15) is 17.0 Å². The zero-order valence-corrected chi connectivity index (χ0v) is 14.0. The molecule has 0 saturated carbocycles. The Kier molecular flexibility index (Phi) is 7.43. The third-order valence-corrected chi connectivity index (χ3v) is 4.37. The van der Waals surface area contributed by atoms with Crippen molar-refractivity contribution in [1.82, 2.24) is 5.32 Å². The highest BCUT2D eigenvalue weighted by atomic mass is 35.5. The molecule has 4 heteroatoms. The van der Waals surface area contributed by atoms with Gasteiger partial charge in [0.05, 0.1) is 6.07 Å². The van der Waals surface area contributed by atoms with E-state index in [0.29, 0.717) is 6.04 Å². The van der Waals surface area contributed by atoms with Crippen molar-refractivity contribution in [2.75, 3.05) is 5.75 Å². The maximum atomic E-state index is 9.26. The second-order valence-electron chi connectivity index (χ2n) is 5.53. The Morgan fingerprint density at radius 3 is 2.55 bits per heavy atom. The number of hydrogen-bond donors (Lipinski definition) is 1. The quantitative estimate of drug-likeness (QED) is 0.711. The summed E-state index contributed by atoms with van der Waals surface area (Å²) < 4.78 is 0. The van der Waals surface area contributed by atoms with E-state index in [1.807, 2.05) is 30.8 Å². The third-order valence-electron chi connectivity index (χ3n) is 3.00. The molecule has 0 saturated heterocycles. The Hall–Kier alpha value is -0.690. The summed E-state index contributed by atoms with van der Waals surface area (Å²) in [5, 5.41) is 13.4. The molecule has 1 aromatic rings. The predicted octanol–water partition coefficient (Wildman–Crippen LogP) is 4.63.